The monoisotopic (exact) mass is 274 g/mol. The number of rotatable bonds is 4. The Labute approximate surface area is 118 Å². The lowest BCUT2D eigenvalue weighted by atomic mass is 10.2. The number of ether oxygens (including phenoxy) is 1. The van der Waals surface area contributed by atoms with Crippen LogP contribution in [0.3, 0.4) is 0 Å². The molecule has 1 aliphatic rings. The Bertz CT molecular complexity index is 479. The predicted octanol–water partition coefficient (Wildman–Crippen LogP) is 0.675. The zero-order chi connectivity index (χ0) is 14.2. The van der Waals surface area contributed by atoms with Gasteiger partial charge in [-0.15, -0.1) is 0 Å². The second-order valence-electron chi connectivity index (χ2n) is 4.45. The first-order valence-electron chi connectivity index (χ1n) is 6.62. The van der Waals surface area contributed by atoms with Crippen molar-refractivity contribution in [3.8, 4) is 0 Å². The Morgan fingerprint density at radius 2 is 1.90 bits per heavy atom. The van der Waals surface area contributed by atoms with Crippen LogP contribution in [-0.2, 0) is 14.3 Å². The number of benzene rings is 1. The maximum absolute atomic E-state index is 11.8. The quantitative estimate of drug-likeness (QED) is 0.821. The van der Waals surface area contributed by atoms with E-state index in [1.807, 2.05) is 30.3 Å². The fourth-order valence-electron chi connectivity index (χ4n) is 1.88. The standard InChI is InChI=1S/C15H18N2O3/c18-14(7-6-13-4-2-1-3-5-13)16-12-15(19)17-8-10-20-11-9-17/h1-7H,8-12H2,(H,16,18). The topological polar surface area (TPSA) is 58.6 Å². The minimum atomic E-state index is -0.268. The summed E-state index contributed by atoms with van der Waals surface area (Å²) in [5, 5.41) is 2.59. The average Bonchev–Trinajstić information content (AvgIpc) is 2.52. The summed E-state index contributed by atoms with van der Waals surface area (Å²) in [5.74, 6) is -0.342. The van der Waals surface area contributed by atoms with Crippen molar-refractivity contribution >= 4 is 17.9 Å². The van der Waals surface area contributed by atoms with Gasteiger partial charge >= 0.3 is 0 Å². The van der Waals surface area contributed by atoms with Crippen molar-refractivity contribution in [1.29, 1.82) is 0 Å². The lowest BCUT2D eigenvalue weighted by Gasteiger charge is -2.26. The summed E-state index contributed by atoms with van der Waals surface area (Å²) in [7, 11) is 0. The van der Waals surface area contributed by atoms with Gasteiger partial charge in [-0.05, 0) is 11.6 Å². The van der Waals surface area contributed by atoms with Crippen LogP contribution in [0.15, 0.2) is 36.4 Å². The molecule has 2 amide bonds. The van der Waals surface area contributed by atoms with Gasteiger partial charge in [0.05, 0.1) is 19.8 Å². The van der Waals surface area contributed by atoms with Gasteiger partial charge in [0.15, 0.2) is 0 Å². The van der Waals surface area contributed by atoms with Crippen molar-refractivity contribution < 1.29 is 14.3 Å². The molecule has 20 heavy (non-hydrogen) atoms. The number of nitrogens with one attached hydrogen (secondary N) is 1. The number of hydrogen-bond donors (Lipinski definition) is 1. The normalized spacial score (nSPS) is 15.3. The summed E-state index contributed by atoms with van der Waals surface area (Å²) in [4.78, 5) is 25.1. The molecule has 0 aromatic heterocycles. The number of amides is 2. The van der Waals surface area contributed by atoms with Gasteiger partial charge in [0, 0.05) is 19.2 Å². The first-order valence-corrected chi connectivity index (χ1v) is 6.62. The van der Waals surface area contributed by atoms with Crippen LogP contribution >= 0.6 is 0 Å². The van der Waals surface area contributed by atoms with E-state index in [4.69, 9.17) is 4.74 Å². The van der Waals surface area contributed by atoms with E-state index in [2.05, 4.69) is 5.32 Å². The van der Waals surface area contributed by atoms with Gasteiger partial charge in [0.2, 0.25) is 11.8 Å². The summed E-state index contributed by atoms with van der Waals surface area (Å²) in [6.07, 6.45) is 3.15. The van der Waals surface area contributed by atoms with Gasteiger partial charge in [-0.25, -0.2) is 0 Å². The van der Waals surface area contributed by atoms with Crippen molar-refractivity contribution in [2.45, 2.75) is 0 Å². The molecular formula is C15H18N2O3. The molecule has 0 radical (unpaired) electrons. The number of hydrogen-bond acceptors (Lipinski definition) is 3. The SMILES string of the molecule is O=C(C=Cc1ccccc1)NCC(=O)N1CCOCC1. The van der Waals surface area contributed by atoms with E-state index in [0.717, 1.165) is 5.56 Å². The third-order valence-corrected chi connectivity index (χ3v) is 3.00. The van der Waals surface area contributed by atoms with Crippen LogP contribution in [0, 0.1) is 0 Å². The van der Waals surface area contributed by atoms with E-state index in [1.165, 1.54) is 6.08 Å². The van der Waals surface area contributed by atoms with E-state index in [1.54, 1.807) is 11.0 Å². The van der Waals surface area contributed by atoms with Gasteiger partial charge in [0.25, 0.3) is 0 Å². The molecule has 0 unspecified atom stereocenters. The van der Waals surface area contributed by atoms with Crippen LogP contribution in [0.25, 0.3) is 6.08 Å². The second kappa shape index (κ2) is 7.45. The Kier molecular flexibility index (Phi) is 5.32. The molecular weight excluding hydrogens is 256 g/mol. The molecule has 1 heterocycles. The van der Waals surface area contributed by atoms with Crippen LogP contribution in [0.5, 0.6) is 0 Å². The van der Waals surface area contributed by atoms with Gasteiger partial charge < -0.3 is 15.0 Å². The minimum absolute atomic E-state index is 0.0258. The molecule has 0 spiro atoms. The van der Waals surface area contributed by atoms with Crippen LogP contribution in [0.4, 0.5) is 0 Å². The van der Waals surface area contributed by atoms with E-state index in [9.17, 15) is 9.59 Å². The maximum atomic E-state index is 11.8. The maximum Gasteiger partial charge on any atom is 0.244 e. The molecule has 1 fully saturated rings. The van der Waals surface area contributed by atoms with E-state index in [0.29, 0.717) is 26.3 Å². The Morgan fingerprint density at radius 1 is 1.20 bits per heavy atom. The Morgan fingerprint density at radius 3 is 2.60 bits per heavy atom. The molecule has 1 aromatic rings. The summed E-state index contributed by atoms with van der Waals surface area (Å²) in [6, 6.07) is 9.53. The highest BCUT2D eigenvalue weighted by atomic mass is 16.5. The number of morpholine rings is 1. The number of carbonyl (C=O) groups is 2. The van der Waals surface area contributed by atoms with Gasteiger partial charge in [-0.2, -0.15) is 0 Å². The van der Waals surface area contributed by atoms with Gasteiger partial charge in [-0.1, -0.05) is 30.3 Å². The summed E-state index contributed by atoms with van der Waals surface area (Å²) in [5.41, 5.74) is 0.946. The fraction of sp³-hybridized carbons (Fsp3) is 0.333. The van der Waals surface area contributed by atoms with Crippen LogP contribution in [0.2, 0.25) is 0 Å². The molecule has 0 bridgehead atoms. The summed E-state index contributed by atoms with van der Waals surface area (Å²) in [6.45, 7) is 2.34. The van der Waals surface area contributed by atoms with Crippen molar-refractivity contribution in [1.82, 2.24) is 10.2 Å². The molecule has 1 aromatic carbocycles. The predicted molar refractivity (Wildman–Crippen MR) is 75.9 cm³/mol. The number of nitrogens with zero attached hydrogens (tertiary/aromatic N) is 1. The average molecular weight is 274 g/mol. The molecule has 5 heteroatoms. The zero-order valence-electron chi connectivity index (χ0n) is 11.2. The lowest BCUT2D eigenvalue weighted by Crippen LogP contribution is -2.45. The van der Waals surface area contributed by atoms with Gasteiger partial charge in [0.1, 0.15) is 0 Å². The van der Waals surface area contributed by atoms with Crippen molar-refractivity contribution in [2.75, 3.05) is 32.8 Å². The molecule has 0 saturated carbocycles. The fourth-order valence-corrected chi connectivity index (χ4v) is 1.88. The molecule has 1 aliphatic heterocycles. The van der Waals surface area contributed by atoms with E-state index in [-0.39, 0.29) is 18.4 Å². The van der Waals surface area contributed by atoms with Crippen molar-refractivity contribution in [3.05, 3.63) is 42.0 Å². The second-order valence-corrected chi connectivity index (χ2v) is 4.45. The molecule has 0 atom stereocenters. The molecule has 2 rings (SSSR count). The van der Waals surface area contributed by atoms with Gasteiger partial charge in [-0.3, -0.25) is 9.59 Å². The molecule has 1 N–H and O–H groups in total. The zero-order valence-corrected chi connectivity index (χ0v) is 11.2. The third-order valence-electron chi connectivity index (χ3n) is 3.00. The van der Waals surface area contributed by atoms with Crippen LogP contribution in [-0.4, -0.2) is 49.6 Å². The number of carbonyl (C=O) groups excluding carboxylic acids is 2. The van der Waals surface area contributed by atoms with E-state index >= 15 is 0 Å². The Balaban J connectivity index is 1.74. The molecule has 5 nitrogen and oxygen atoms in total. The minimum Gasteiger partial charge on any atom is -0.378 e. The highest BCUT2D eigenvalue weighted by Crippen LogP contribution is 2.00. The van der Waals surface area contributed by atoms with Crippen molar-refractivity contribution in [2.24, 2.45) is 0 Å². The van der Waals surface area contributed by atoms with Crippen LogP contribution < -0.4 is 5.32 Å². The van der Waals surface area contributed by atoms with Crippen LogP contribution in [0.1, 0.15) is 5.56 Å². The van der Waals surface area contributed by atoms with E-state index < -0.39 is 0 Å². The smallest absolute Gasteiger partial charge is 0.244 e. The first kappa shape index (κ1) is 14.3. The molecule has 1 saturated heterocycles. The summed E-state index contributed by atoms with van der Waals surface area (Å²) >= 11 is 0. The lowest BCUT2D eigenvalue weighted by molar-refractivity contribution is -0.135. The first-order chi connectivity index (χ1) is 9.75. The largest absolute Gasteiger partial charge is 0.378 e. The Hall–Kier alpha value is -2.14. The molecule has 106 valence electrons. The third kappa shape index (κ3) is 4.51. The highest BCUT2D eigenvalue weighted by Gasteiger charge is 2.16. The molecule has 0 aliphatic carbocycles. The highest BCUT2D eigenvalue weighted by molar-refractivity contribution is 5.94. The van der Waals surface area contributed by atoms with Crippen molar-refractivity contribution in [3.63, 3.8) is 0 Å². The summed E-state index contributed by atoms with van der Waals surface area (Å²) < 4.78 is 5.17.